The lowest BCUT2D eigenvalue weighted by Gasteiger charge is -2.28. The van der Waals surface area contributed by atoms with E-state index in [9.17, 15) is 9.59 Å². The number of carboxylic acid groups (broad SMARTS) is 1. The maximum atomic E-state index is 12.3. The largest absolute Gasteiger partial charge is 0.476 e. The highest BCUT2D eigenvalue weighted by molar-refractivity contribution is 5.93. The van der Waals surface area contributed by atoms with E-state index in [-0.39, 0.29) is 23.3 Å². The maximum Gasteiger partial charge on any atom is 0.356 e. The first kappa shape index (κ1) is 15.1. The van der Waals surface area contributed by atoms with Crippen LogP contribution in [0.25, 0.3) is 0 Å². The Labute approximate surface area is 112 Å². The van der Waals surface area contributed by atoms with Crippen LogP contribution in [0.3, 0.4) is 0 Å². The Bertz CT molecular complexity index is 455. The van der Waals surface area contributed by atoms with Crippen LogP contribution >= 0.6 is 0 Å². The van der Waals surface area contributed by atoms with Gasteiger partial charge in [-0.2, -0.15) is 0 Å². The molecular weight excluding hydrogens is 246 g/mol. The summed E-state index contributed by atoms with van der Waals surface area (Å²) in [7, 11) is 0. The molecule has 0 fully saturated rings. The first-order valence-corrected chi connectivity index (χ1v) is 6.19. The molecule has 0 unspecified atom stereocenters. The van der Waals surface area contributed by atoms with Crippen molar-refractivity contribution < 1.29 is 14.7 Å². The van der Waals surface area contributed by atoms with Crippen LogP contribution in [0.4, 0.5) is 0 Å². The van der Waals surface area contributed by atoms with Gasteiger partial charge in [0.05, 0.1) is 12.4 Å². The summed E-state index contributed by atoms with van der Waals surface area (Å²) >= 11 is 0. The van der Waals surface area contributed by atoms with Crippen LogP contribution in [0.5, 0.6) is 0 Å². The van der Waals surface area contributed by atoms with Crippen molar-refractivity contribution in [1.29, 1.82) is 0 Å². The Morgan fingerprint density at radius 2 is 1.68 bits per heavy atom. The fourth-order valence-electron chi connectivity index (χ4n) is 1.62. The van der Waals surface area contributed by atoms with Crippen molar-refractivity contribution in [2.24, 2.45) is 5.92 Å². The Balaban J connectivity index is 2.93. The molecule has 0 aliphatic heterocycles. The number of nitrogens with zero attached hydrogens (tertiary/aromatic N) is 3. The van der Waals surface area contributed by atoms with Crippen molar-refractivity contribution >= 4 is 11.9 Å². The lowest BCUT2D eigenvalue weighted by molar-refractivity contribution is 0.0664. The second kappa shape index (κ2) is 6.26. The fourth-order valence-corrected chi connectivity index (χ4v) is 1.62. The smallest absolute Gasteiger partial charge is 0.356 e. The zero-order valence-electron chi connectivity index (χ0n) is 11.6. The first-order chi connectivity index (χ1) is 8.82. The van der Waals surface area contributed by atoms with Gasteiger partial charge in [-0.1, -0.05) is 13.8 Å². The number of carbonyl (C=O) groups is 2. The summed E-state index contributed by atoms with van der Waals surface area (Å²) < 4.78 is 0. The van der Waals surface area contributed by atoms with Crippen molar-refractivity contribution in [3.8, 4) is 0 Å². The van der Waals surface area contributed by atoms with Crippen LogP contribution < -0.4 is 0 Å². The lowest BCUT2D eigenvalue weighted by atomic mass is 10.1. The minimum absolute atomic E-state index is 0.0517. The molecule has 1 aromatic heterocycles. The number of aromatic nitrogens is 2. The normalized spacial score (nSPS) is 10.8. The third kappa shape index (κ3) is 4.01. The van der Waals surface area contributed by atoms with Gasteiger partial charge in [0.15, 0.2) is 5.69 Å². The minimum Gasteiger partial charge on any atom is -0.476 e. The zero-order valence-corrected chi connectivity index (χ0v) is 11.6. The zero-order chi connectivity index (χ0) is 14.6. The van der Waals surface area contributed by atoms with Crippen LogP contribution in [0.1, 0.15) is 48.7 Å². The molecule has 1 rings (SSSR count). The Hall–Kier alpha value is -1.98. The highest BCUT2D eigenvalue weighted by Gasteiger charge is 2.21. The minimum atomic E-state index is -1.16. The van der Waals surface area contributed by atoms with Crippen molar-refractivity contribution in [2.75, 3.05) is 6.54 Å². The van der Waals surface area contributed by atoms with Gasteiger partial charge in [0.1, 0.15) is 5.69 Å². The number of hydrogen-bond acceptors (Lipinski definition) is 4. The van der Waals surface area contributed by atoms with Crippen molar-refractivity contribution in [3.63, 3.8) is 0 Å². The molecule has 0 aromatic carbocycles. The summed E-state index contributed by atoms with van der Waals surface area (Å²) in [5.41, 5.74) is -0.00384. The standard InChI is InChI=1S/C13H19N3O3/c1-8(2)7-16(9(3)4)12(17)10-5-15-11(6-14-10)13(18)19/h5-6,8-9H,7H2,1-4H3,(H,18,19). The van der Waals surface area contributed by atoms with Gasteiger partial charge in [-0.05, 0) is 19.8 Å². The molecule has 0 spiro atoms. The Morgan fingerprint density at radius 1 is 1.16 bits per heavy atom. The predicted molar refractivity (Wildman–Crippen MR) is 70.0 cm³/mol. The molecule has 6 nitrogen and oxygen atoms in total. The second-order valence-electron chi connectivity index (χ2n) is 5.04. The van der Waals surface area contributed by atoms with Gasteiger partial charge in [0, 0.05) is 12.6 Å². The van der Waals surface area contributed by atoms with Gasteiger partial charge in [0.2, 0.25) is 0 Å². The summed E-state index contributed by atoms with van der Waals surface area (Å²) in [6.07, 6.45) is 2.31. The highest BCUT2D eigenvalue weighted by Crippen LogP contribution is 2.09. The third-order valence-electron chi connectivity index (χ3n) is 2.54. The molecule has 0 aliphatic rings. The number of carboxylic acids is 1. The Kier molecular flexibility index (Phi) is 4.97. The average molecular weight is 265 g/mol. The summed E-state index contributed by atoms with van der Waals surface area (Å²) in [4.78, 5) is 32.2. The molecule has 1 N–H and O–H groups in total. The van der Waals surface area contributed by atoms with Gasteiger partial charge in [-0.25, -0.2) is 14.8 Å². The molecule has 0 saturated carbocycles. The number of carbonyl (C=O) groups excluding carboxylic acids is 1. The van der Waals surface area contributed by atoms with E-state index in [1.54, 1.807) is 4.90 Å². The third-order valence-corrected chi connectivity index (χ3v) is 2.54. The van der Waals surface area contributed by atoms with Gasteiger partial charge >= 0.3 is 5.97 Å². The quantitative estimate of drug-likeness (QED) is 0.875. The molecule has 0 atom stereocenters. The van der Waals surface area contributed by atoms with Crippen LogP contribution in [-0.2, 0) is 0 Å². The topological polar surface area (TPSA) is 83.4 Å². The summed E-state index contributed by atoms with van der Waals surface area (Å²) in [6.45, 7) is 8.54. The van der Waals surface area contributed by atoms with Crippen molar-refractivity contribution in [3.05, 3.63) is 23.8 Å². The van der Waals surface area contributed by atoms with Crippen LogP contribution in [0.2, 0.25) is 0 Å². The van der Waals surface area contributed by atoms with E-state index in [1.807, 2.05) is 27.7 Å². The molecule has 104 valence electrons. The predicted octanol–water partition coefficient (Wildman–Crippen LogP) is 1.68. The van der Waals surface area contributed by atoms with Crippen LogP contribution in [0, 0.1) is 5.92 Å². The fraction of sp³-hybridized carbons (Fsp3) is 0.538. The van der Waals surface area contributed by atoms with Crippen LogP contribution in [0.15, 0.2) is 12.4 Å². The molecule has 0 radical (unpaired) electrons. The van der Waals surface area contributed by atoms with E-state index >= 15 is 0 Å². The molecule has 0 aliphatic carbocycles. The van der Waals surface area contributed by atoms with E-state index in [0.29, 0.717) is 12.5 Å². The van der Waals surface area contributed by atoms with E-state index in [1.165, 1.54) is 6.20 Å². The summed E-state index contributed by atoms with van der Waals surface area (Å²) in [5.74, 6) is -1.04. The van der Waals surface area contributed by atoms with Crippen LogP contribution in [-0.4, -0.2) is 44.4 Å². The number of rotatable bonds is 5. The highest BCUT2D eigenvalue weighted by atomic mass is 16.4. The lowest BCUT2D eigenvalue weighted by Crippen LogP contribution is -2.40. The molecule has 1 aromatic rings. The molecular formula is C13H19N3O3. The van der Waals surface area contributed by atoms with Crippen molar-refractivity contribution in [1.82, 2.24) is 14.9 Å². The molecule has 1 amide bonds. The number of amides is 1. The van der Waals surface area contributed by atoms with E-state index in [0.717, 1.165) is 6.20 Å². The van der Waals surface area contributed by atoms with E-state index in [4.69, 9.17) is 5.11 Å². The first-order valence-electron chi connectivity index (χ1n) is 6.19. The van der Waals surface area contributed by atoms with Gasteiger partial charge in [0.25, 0.3) is 5.91 Å². The monoisotopic (exact) mass is 265 g/mol. The molecule has 6 heteroatoms. The Morgan fingerprint density at radius 3 is 2.05 bits per heavy atom. The molecule has 1 heterocycles. The average Bonchev–Trinajstić information content (AvgIpc) is 2.34. The van der Waals surface area contributed by atoms with E-state index in [2.05, 4.69) is 9.97 Å². The molecule has 0 saturated heterocycles. The SMILES string of the molecule is CC(C)CN(C(=O)c1cnc(C(=O)O)cn1)C(C)C. The number of hydrogen-bond donors (Lipinski definition) is 1. The van der Waals surface area contributed by atoms with Gasteiger partial charge in [-0.15, -0.1) is 0 Å². The van der Waals surface area contributed by atoms with Gasteiger partial charge in [-0.3, -0.25) is 4.79 Å². The summed E-state index contributed by atoms with van der Waals surface area (Å²) in [6, 6.07) is 0.0517. The summed E-state index contributed by atoms with van der Waals surface area (Å²) in [5, 5.41) is 8.73. The second-order valence-corrected chi connectivity index (χ2v) is 5.04. The van der Waals surface area contributed by atoms with Crippen molar-refractivity contribution in [2.45, 2.75) is 33.7 Å². The van der Waals surface area contributed by atoms with Gasteiger partial charge < -0.3 is 10.0 Å². The molecule has 0 bridgehead atoms. The number of aromatic carboxylic acids is 1. The van der Waals surface area contributed by atoms with E-state index < -0.39 is 5.97 Å². The maximum absolute atomic E-state index is 12.3. The molecule has 19 heavy (non-hydrogen) atoms.